The second kappa shape index (κ2) is 6.83. The molecule has 27 heavy (non-hydrogen) atoms. The van der Waals surface area contributed by atoms with Crippen molar-refractivity contribution in [1.29, 1.82) is 0 Å². The highest BCUT2D eigenvalue weighted by atomic mass is 16.5. The van der Waals surface area contributed by atoms with Gasteiger partial charge in [-0.3, -0.25) is 9.59 Å². The first-order chi connectivity index (χ1) is 13.0. The molecule has 2 saturated heterocycles. The van der Waals surface area contributed by atoms with E-state index in [-0.39, 0.29) is 23.8 Å². The number of nitrogens with zero attached hydrogens (tertiary/aromatic N) is 3. The van der Waals surface area contributed by atoms with Crippen LogP contribution in [-0.4, -0.2) is 46.4 Å². The van der Waals surface area contributed by atoms with Gasteiger partial charge in [-0.1, -0.05) is 36.3 Å². The molecule has 1 aromatic carbocycles. The molecule has 0 unspecified atom stereocenters. The van der Waals surface area contributed by atoms with Crippen LogP contribution in [0.5, 0.6) is 0 Å². The maximum Gasteiger partial charge on any atom is 0.276 e. The smallest absolute Gasteiger partial charge is 0.276 e. The highest BCUT2D eigenvalue weighted by Gasteiger charge is 2.50. The number of aromatic nitrogens is 1. The van der Waals surface area contributed by atoms with Gasteiger partial charge in [0, 0.05) is 44.0 Å². The lowest BCUT2D eigenvalue weighted by Crippen LogP contribution is -2.37. The summed E-state index contributed by atoms with van der Waals surface area (Å²) in [5, 5.41) is 3.87. The predicted molar refractivity (Wildman–Crippen MR) is 100 cm³/mol. The number of benzene rings is 1. The molecule has 3 atom stereocenters. The van der Waals surface area contributed by atoms with E-state index in [1.807, 2.05) is 28.9 Å². The number of hydrogen-bond acceptors (Lipinski definition) is 4. The van der Waals surface area contributed by atoms with Gasteiger partial charge < -0.3 is 14.3 Å². The number of carbonyl (C=O) groups is 2. The van der Waals surface area contributed by atoms with Crippen molar-refractivity contribution in [3.05, 3.63) is 52.9 Å². The minimum Gasteiger partial charge on any atom is -0.361 e. The molecule has 6 nitrogen and oxygen atoms in total. The standard InChI is InChI=1S/C21H25N3O3/c1-4-19(25)24-11-15-10-23(21(26)18-9-14(3)27-22-18)12-17(15)20(24)16-8-6-5-7-13(16)2/h5-9,15,17,20H,4,10-12H2,1-3H3/t15-,17-,20+/m0/s1. The molecule has 2 aliphatic rings. The minimum absolute atomic E-state index is 0.0282. The number of amides is 2. The number of aryl methyl sites for hydroxylation is 2. The zero-order valence-electron chi connectivity index (χ0n) is 16.0. The molecule has 2 aliphatic heterocycles. The van der Waals surface area contributed by atoms with Crippen LogP contribution >= 0.6 is 0 Å². The van der Waals surface area contributed by atoms with Crippen molar-refractivity contribution in [2.75, 3.05) is 19.6 Å². The van der Waals surface area contributed by atoms with E-state index < -0.39 is 0 Å². The average molecular weight is 367 g/mol. The van der Waals surface area contributed by atoms with E-state index in [0.29, 0.717) is 43.4 Å². The molecule has 4 rings (SSSR count). The topological polar surface area (TPSA) is 66.7 Å². The summed E-state index contributed by atoms with van der Waals surface area (Å²) in [6.45, 7) is 7.79. The summed E-state index contributed by atoms with van der Waals surface area (Å²) in [6, 6.07) is 9.97. The quantitative estimate of drug-likeness (QED) is 0.836. The zero-order valence-corrected chi connectivity index (χ0v) is 16.0. The fourth-order valence-electron chi connectivity index (χ4n) is 4.62. The lowest BCUT2D eigenvalue weighted by atomic mass is 9.87. The van der Waals surface area contributed by atoms with Gasteiger partial charge >= 0.3 is 0 Å². The van der Waals surface area contributed by atoms with Crippen molar-refractivity contribution >= 4 is 11.8 Å². The van der Waals surface area contributed by atoms with E-state index in [4.69, 9.17) is 4.52 Å². The Morgan fingerprint density at radius 3 is 2.63 bits per heavy atom. The summed E-state index contributed by atoms with van der Waals surface area (Å²) >= 11 is 0. The molecule has 2 aromatic rings. The molecule has 3 heterocycles. The van der Waals surface area contributed by atoms with E-state index in [1.165, 1.54) is 11.1 Å². The fourth-order valence-corrected chi connectivity index (χ4v) is 4.62. The lowest BCUT2D eigenvalue weighted by molar-refractivity contribution is -0.132. The Kier molecular flexibility index (Phi) is 4.50. The predicted octanol–water partition coefficient (Wildman–Crippen LogP) is 2.97. The van der Waals surface area contributed by atoms with Crippen LogP contribution in [-0.2, 0) is 4.79 Å². The first-order valence-corrected chi connectivity index (χ1v) is 9.57. The third-order valence-corrected chi connectivity index (χ3v) is 5.93. The summed E-state index contributed by atoms with van der Waals surface area (Å²) in [7, 11) is 0. The van der Waals surface area contributed by atoms with Crippen LogP contribution in [0.2, 0.25) is 0 Å². The summed E-state index contributed by atoms with van der Waals surface area (Å²) in [5.74, 6) is 1.27. The largest absolute Gasteiger partial charge is 0.361 e. The number of likely N-dealkylation sites (tertiary alicyclic amines) is 2. The van der Waals surface area contributed by atoms with Crippen LogP contribution in [0, 0.1) is 25.7 Å². The van der Waals surface area contributed by atoms with Gasteiger partial charge in [0.15, 0.2) is 5.69 Å². The maximum atomic E-state index is 12.8. The lowest BCUT2D eigenvalue weighted by Gasteiger charge is -2.30. The van der Waals surface area contributed by atoms with E-state index in [1.54, 1.807) is 13.0 Å². The van der Waals surface area contributed by atoms with Gasteiger partial charge in [0.25, 0.3) is 5.91 Å². The highest BCUT2D eigenvalue weighted by molar-refractivity contribution is 5.92. The van der Waals surface area contributed by atoms with E-state index in [9.17, 15) is 9.59 Å². The molecule has 6 heteroatoms. The molecule has 2 fully saturated rings. The molecule has 0 bridgehead atoms. The fraction of sp³-hybridized carbons (Fsp3) is 0.476. The van der Waals surface area contributed by atoms with Crippen LogP contribution in [0.3, 0.4) is 0 Å². The number of hydrogen-bond donors (Lipinski definition) is 0. The number of carbonyl (C=O) groups excluding carboxylic acids is 2. The summed E-state index contributed by atoms with van der Waals surface area (Å²) in [6.07, 6.45) is 0.503. The first-order valence-electron chi connectivity index (χ1n) is 9.57. The molecule has 0 spiro atoms. The van der Waals surface area contributed by atoms with Crippen molar-refractivity contribution in [1.82, 2.24) is 15.0 Å². The molecular formula is C21H25N3O3. The monoisotopic (exact) mass is 367 g/mol. The molecule has 0 radical (unpaired) electrons. The van der Waals surface area contributed by atoms with Gasteiger partial charge in [0.05, 0.1) is 6.04 Å². The normalized spacial score (nSPS) is 24.3. The molecule has 0 saturated carbocycles. The minimum atomic E-state index is -0.0850. The van der Waals surface area contributed by atoms with Crippen LogP contribution in [0.25, 0.3) is 0 Å². The molecule has 1 aromatic heterocycles. The Hall–Kier alpha value is -2.63. The Bertz CT molecular complexity index is 875. The molecular weight excluding hydrogens is 342 g/mol. The van der Waals surface area contributed by atoms with Crippen LogP contribution in [0.1, 0.15) is 46.8 Å². The molecule has 0 aliphatic carbocycles. The van der Waals surface area contributed by atoms with E-state index >= 15 is 0 Å². The number of fused-ring (bicyclic) bond motifs is 1. The van der Waals surface area contributed by atoms with Gasteiger partial charge in [0.2, 0.25) is 5.91 Å². The van der Waals surface area contributed by atoms with E-state index in [0.717, 1.165) is 0 Å². The highest BCUT2D eigenvalue weighted by Crippen LogP contribution is 2.46. The van der Waals surface area contributed by atoms with Gasteiger partial charge in [-0.2, -0.15) is 0 Å². The number of rotatable bonds is 3. The van der Waals surface area contributed by atoms with Crippen molar-refractivity contribution in [2.45, 2.75) is 33.2 Å². The summed E-state index contributed by atoms with van der Waals surface area (Å²) in [4.78, 5) is 29.3. The summed E-state index contributed by atoms with van der Waals surface area (Å²) < 4.78 is 5.06. The van der Waals surface area contributed by atoms with Crippen LogP contribution < -0.4 is 0 Å². The van der Waals surface area contributed by atoms with Crippen molar-refractivity contribution in [3.8, 4) is 0 Å². The zero-order chi connectivity index (χ0) is 19.1. The second-order valence-electron chi connectivity index (χ2n) is 7.66. The van der Waals surface area contributed by atoms with Gasteiger partial charge in [-0.15, -0.1) is 0 Å². The molecule has 2 amide bonds. The Balaban J connectivity index is 1.62. The molecule has 142 valence electrons. The Labute approximate surface area is 159 Å². The molecule has 0 N–H and O–H groups in total. The first kappa shape index (κ1) is 17.8. The van der Waals surface area contributed by atoms with Crippen LogP contribution in [0.4, 0.5) is 0 Å². The van der Waals surface area contributed by atoms with Gasteiger partial charge in [-0.25, -0.2) is 0 Å². The van der Waals surface area contributed by atoms with Crippen molar-refractivity contribution < 1.29 is 14.1 Å². The average Bonchev–Trinajstić information content (AvgIpc) is 3.35. The van der Waals surface area contributed by atoms with Gasteiger partial charge in [0.1, 0.15) is 5.76 Å². The van der Waals surface area contributed by atoms with Crippen molar-refractivity contribution in [3.63, 3.8) is 0 Å². The van der Waals surface area contributed by atoms with E-state index in [2.05, 4.69) is 24.2 Å². The Morgan fingerprint density at radius 1 is 1.19 bits per heavy atom. The maximum absolute atomic E-state index is 12.8. The third kappa shape index (κ3) is 3.03. The Morgan fingerprint density at radius 2 is 1.96 bits per heavy atom. The third-order valence-electron chi connectivity index (χ3n) is 5.93. The van der Waals surface area contributed by atoms with Gasteiger partial charge in [-0.05, 0) is 25.0 Å². The second-order valence-corrected chi connectivity index (χ2v) is 7.66. The summed E-state index contributed by atoms with van der Waals surface area (Å²) in [5.41, 5.74) is 2.74. The SMILES string of the molecule is CCC(=O)N1C[C@@H]2CN(C(=O)c3cc(C)on3)C[C@@H]2[C@H]1c1ccccc1C. The van der Waals surface area contributed by atoms with Crippen molar-refractivity contribution in [2.24, 2.45) is 11.8 Å². The van der Waals surface area contributed by atoms with Crippen LogP contribution in [0.15, 0.2) is 34.9 Å².